The SMILES string of the molecule is CCc1c(CN2CCC(Nc3ncnc4sc(CC(F)(F)F)cc34)CC2)ccc2[nH]c(C#N)cc12. The van der Waals surface area contributed by atoms with Crippen molar-refractivity contribution in [1.82, 2.24) is 19.9 Å². The molecule has 0 spiro atoms. The van der Waals surface area contributed by atoms with E-state index in [2.05, 4.69) is 44.2 Å². The highest BCUT2D eigenvalue weighted by Gasteiger charge is 2.29. The molecule has 5 rings (SSSR count). The second kappa shape index (κ2) is 9.47. The zero-order valence-electron chi connectivity index (χ0n) is 19.2. The zero-order chi connectivity index (χ0) is 24.6. The number of thiophene rings is 1. The van der Waals surface area contributed by atoms with Gasteiger partial charge in [-0.2, -0.15) is 18.4 Å². The number of aromatic nitrogens is 3. The Bertz CT molecular complexity index is 1390. The summed E-state index contributed by atoms with van der Waals surface area (Å²) >= 11 is 1.07. The van der Waals surface area contributed by atoms with E-state index in [1.165, 1.54) is 17.5 Å². The number of hydrogen-bond acceptors (Lipinski definition) is 6. The average Bonchev–Trinajstić information content (AvgIpc) is 3.43. The molecule has 0 saturated carbocycles. The maximum absolute atomic E-state index is 12.8. The molecule has 1 aromatic carbocycles. The lowest BCUT2D eigenvalue weighted by Gasteiger charge is -2.33. The Labute approximate surface area is 204 Å². The number of halogens is 3. The van der Waals surface area contributed by atoms with Crippen molar-refractivity contribution < 1.29 is 13.2 Å². The van der Waals surface area contributed by atoms with Gasteiger partial charge in [0.15, 0.2) is 0 Å². The fourth-order valence-electron chi connectivity index (χ4n) is 4.91. The van der Waals surface area contributed by atoms with Crippen LogP contribution in [0.4, 0.5) is 19.0 Å². The van der Waals surface area contributed by atoms with E-state index in [1.807, 2.05) is 12.1 Å². The highest BCUT2D eigenvalue weighted by molar-refractivity contribution is 7.18. The number of rotatable bonds is 6. The van der Waals surface area contributed by atoms with Crippen molar-refractivity contribution in [3.8, 4) is 6.07 Å². The van der Waals surface area contributed by atoms with Gasteiger partial charge >= 0.3 is 6.18 Å². The van der Waals surface area contributed by atoms with Crippen LogP contribution in [-0.4, -0.2) is 45.2 Å². The molecular weight excluding hydrogens is 473 g/mol. The van der Waals surface area contributed by atoms with Gasteiger partial charge in [0.25, 0.3) is 0 Å². The normalized spacial score (nSPS) is 15.6. The largest absolute Gasteiger partial charge is 0.393 e. The summed E-state index contributed by atoms with van der Waals surface area (Å²) in [6.45, 7) is 4.81. The van der Waals surface area contributed by atoms with Gasteiger partial charge in [-0.1, -0.05) is 13.0 Å². The minimum absolute atomic E-state index is 0.200. The first-order chi connectivity index (χ1) is 16.8. The number of alkyl halides is 3. The number of likely N-dealkylation sites (tertiary alicyclic amines) is 1. The van der Waals surface area contributed by atoms with Crippen LogP contribution in [0.2, 0.25) is 0 Å². The van der Waals surface area contributed by atoms with Crippen molar-refractivity contribution in [2.75, 3.05) is 18.4 Å². The number of nitriles is 1. The lowest BCUT2D eigenvalue weighted by molar-refractivity contribution is -0.126. The summed E-state index contributed by atoms with van der Waals surface area (Å²) < 4.78 is 38.4. The Morgan fingerprint density at radius 2 is 2.00 bits per heavy atom. The first-order valence-electron chi connectivity index (χ1n) is 11.7. The van der Waals surface area contributed by atoms with Crippen LogP contribution < -0.4 is 5.32 Å². The molecule has 0 unspecified atom stereocenters. The Morgan fingerprint density at radius 3 is 2.71 bits per heavy atom. The molecule has 0 amide bonds. The van der Waals surface area contributed by atoms with E-state index in [1.54, 1.807) is 6.07 Å². The number of fused-ring (bicyclic) bond motifs is 2. The van der Waals surface area contributed by atoms with Crippen LogP contribution in [0.15, 0.2) is 30.6 Å². The van der Waals surface area contributed by atoms with Gasteiger partial charge in [0.05, 0.1) is 11.8 Å². The molecule has 35 heavy (non-hydrogen) atoms. The predicted octanol–water partition coefficient (Wildman–Crippen LogP) is 5.79. The van der Waals surface area contributed by atoms with Gasteiger partial charge in [-0.15, -0.1) is 11.3 Å². The Morgan fingerprint density at radius 1 is 1.20 bits per heavy atom. The molecule has 0 aliphatic carbocycles. The van der Waals surface area contributed by atoms with E-state index in [0.717, 1.165) is 61.1 Å². The number of nitrogens with zero attached hydrogens (tertiary/aromatic N) is 4. The Balaban J connectivity index is 1.24. The van der Waals surface area contributed by atoms with Gasteiger partial charge in [-0.05, 0) is 48.6 Å². The number of hydrogen-bond donors (Lipinski definition) is 2. The number of H-pyrrole nitrogens is 1. The van der Waals surface area contributed by atoms with Crippen LogP contribution in [-0.2, 0) is 19.4 Å². The lowest BCUT2D eigenvalue weighted by atomic mass is 9.98. The summed E-state index contributed by atoms with van der Waals surface area (Å²) in [5.41, 5.74) is 4.13. The van der Waals surface area contributed by atoms with Gasteiger partial charge in [0.1, 0.15) is 28.7 Å². The summed E-state index contributed by atoms with van der Waals surface area (Å²) in [7, 11) is 0. The van der Waals surface area contributed by atoms with E-state index >= 15 is 0 Å². The van der Waals surface area contributed by atoms with E-state index in [4.69, 9.17) is 0 Å². The molecule has 0 radical (unpaired) electrons. The third-order valence-electron chi connectivity index (χ3n) is 6.56. The van der Waals surface area contributed by atoms with Crippen molar-refractivity contribution in [3.05, 3.63) is 52.3 Å². The minimum atomic E-state index is -4.24. The third kappa shape index (κ3) is 5.11. The molecule has 6 nitrogen and oxygen atoms in total. The molecule has 3 aromatic heterocycles. The number of aromatic amines is 1. The van der Waals surface area contributed by atoms with E-state index in [9.17, 15) is 18.4 Å². The monoisotopic (exact) mass is 498 g/mol. The molecular formula is C25H25F3N6S. The van der Waals surface area contributed by atoms with Gasteiger partial charge in [-0.3, -0.25) is 4.90 Å². The van der Waals surface area contributed by atoms with Gasteiger partial charge < -0.3 is 10.3 Å². The van der Waals surface area contributed by atoms with Crippen molar-refractivity contribution in [1.29, 1.82) is 5.26 Å². The van der Waals surface area contributed by atoms with E-state index in [0.29, 0.717) is 21.7 Å². The molecule has 10 heteroatoms. The van der Waals surface area contributed by atoms with Crippen molar-refractivity contribution in [2.24, 2.45) is 0 Å². The molecule has 4 aromatic rings. The van der Waals surface area contributed by atoms with E-state index < -0.39 is 12.6 Å². The summed E-state index contributed by atoms with van der Waals surface area (Å²) in [4.78, 5) is 14.9. The van der Waals surface area contributed by atoms with Crippen molar-refractivity contribution >= 4 is 38.3 Å². The molecule has 1 aliphatic rings. The van der Waals surface area contributed by atoms with Gasteiger partial charge in [0.2, 0.25) is 0 Å². The number of nitrogens with one attached hydrogen (secondary N) is 2. The Kier molecular flexibility index (Phi) is 6.38. The smallest absolute Gasteiger partial charge is 0.367 e. The maximum Gasteiger partial charge on any atom is 0.393 e. The highest BCUT2D eigenvalue weighted by Crippen LogP contribution is 2.33. The van der Waals surface area contributed by atoms with Crippen LogP contribution >= 0.6 is 11.3 Å². The molecule has 2 N–H and O–H groups in total. The second-order valence-electron chi connectivity index (χ2n) is 8.95. The second-order valence-corrected chi connectivity index (χ2v) is 10.1. The fraction of sp³-hybridized carbons (Fsp3) is 0.400. The number of aryl methyl sites for hydroxylation is 1. The van der Waals surface area contributed by atoms with Gasteiger partial charge in [0, 0.05) is 41.5 Å². The first kappa shape index (κ1) is 23.6. The topological polar surface area (TPSA) is 80.6 Å². The van der Waals surface area contributed by atoms with Crippen molar-refractivity contribution in [3.63, 3.8) is 0 Å². The van der Waals surface area contributed by atoms with Gasteiger partial charge in [-0.25, -0.2) is 9.97 Å². The summed E-state index contributed by atoms with van der Waals surface area (Å²) in [6, 6.07) is 10.1. The maximum atomic E-state index is 12.8. The van der Waals surface area contributed by atoms with E-state index in [-0.39, 0.29) is 10.9 Å². The molecule has 1 saturated heterocycles. The lowest BCUT2D eigenvalue weighted by Crippen LogP contribution is -2.39. The molecule has 1 fully saturated rings. The predicted molar refractivity (Wildman–Crippen MR) is 131 cm³/mol. The fourth-order valence-corrected chi connectivity index (χ4v) is 5.94. The van der Waals surface area contributed by atoms with Crippen LogP contribution in [0.3, 0.4) is 0 Å². The quantitative estimate of drug-likeness (QED) is 0.352. The summed E-state index contributed by atoms with van der Waals surface area (Å²) in [5.74, 6) is 0.609. The average molecular weight is 499 g/mol. The highest BCUT2D eigenvalue weighted by atomic mass is 32.1. The third-order valence-corrected chi connectivity index (χ3v) is 7.61. The number of benzene rings is 1. The molecule has 1 aliphatic heterocycles. The first-order valence-corrected chi connectivity index (χ1v) is 12.5. The van der Waals surface area contributed by atoms with Crippen molar-refractivity contribution in [2.45, 2.75) is 51.4 Å². The summed E-state index contributed by atoms with van der Waals surface area (Å²) in [6.07, 6.45) is -1.05. The zero-order valence-corrected chi connectivity index (χ0v) is 20.1. The number of piperidine rings is 1. The molecule has 0 bridgehead atoms. The standard InChI is InChI=1S/C25H25F3N6S/c1-2-19-15(3-4-22-20(19)9-17(12-29)32-22)13-34-7-5-16(6-8-34)33-23-21-10-18(11-25(26,27)28)35-24(21)31-14-30-23/h3-4,9-10,14,16,32H,2,5-8,11,13H2,1H3,(H,30,31,33). The molecule has 182 valence electrons. The van der Waals surface area contributed by atoms with Crippen LogP contribution in [0.1, 0.15) is 41.5 Å². The summed E-state index contributed by atoms with van der Waals surface area (Å²) in [5, 5.41) is 14.4. The molecule has 4 heterocycles. The molecule has 0 atom stereocenters. The minimum Gasteiger partial charge on any atom is -0.367 e. The van der Waals surface area contributed by atoms with Crippen LogP contribution in [0, 0.1) is 11.3 Å². The van der Waals surface area contributed by atoms with Crippen LogP contribution in [0.25, 0.3) is 21.1 Å². The van der Waals surface area contributed by atoms with Crippen LogP contribution in [0.5, 0.6) is 0 Å². The number of anilines is 1. The Hall–Kier alpha value is -3.16.